The maximum absolute atomic E-state index is 15.4. The largest absolute Gasteiger partial charge is 0.502 e. The third-order valence-electron chi connectivity index (χ3n) is 11.6. The second-order valence-corrected chi connectivity index (χ2v) is 15.8. The van der Waals surface area contributed by atoms with E-state index in [4.69, 9.17) is 42.1 Å². The molecule has 2 fully saturated rings. The third-order valence-corrected chi connectivity index (χ3v) is 13.0. The molecule has 0 spiro atoms. The summed E-state index contributed by atoms with van der Waals surface area (Å²) in [5.41, 5.74) is -3.74. The minimum Gasteiger partial charge on any atom is -0.502 e. The van der Waals surface area contributed by atoms with Crippen molar-refractivity contribution in [2.24, 2.45) is 7.05 Å². The number of nitrogens with zero attached hydrogens (tertiary/aromatic N) is 6. The summed E-state index contributed by atoms with van der Waals surface area (Å²) in [5, 5.41) is 10.8. The summed E-state index contributed by atoms with van der Waals surface area (Å²) in [5.74, 6) is -18.2. The molecule has 4 atom stereocenters. The number of imide groups is 1. The average molecular weight is 910 g/mol. The Balaban J connectivity index is 1.28. The molecule has 3 aromatic carbocycles. The van der Waals surface area contributed by atoms with Gasteiger partial charge < -0.3 is 28.6 Å². The van der Waals surface area contributed by atoms with Crippen LogP contribution in [-0.4, -0.2) is 78.6 Å². The van der Waals surface area contributed by atoms with Crippen molar-refractivity contribution in [3.8, 4) is 28.7 Å². The summed E-state index contributed by atoms with van der Waals surface area (Å²) in [6.45, 7) is -0.778. The summed E-state index contributed by atoms with van der Waals surface area (Å²) < 4.78 is 99.6. The van der Waals surface area contributed by atoms with Gasteiger partial charge in [-0.25, -0.2) is 55.4 Å². The molecule has 1 aliphatic carbocycles. The van der Waals surface area contributed by atoms with E-state index in [-0.39, 0.29) is 46.2 Å². The molecule has 1 saturated heterocycles. The van der Waals surface area contributed by atoms with E-state index in [9.17, 15) is 42.3 Å². The van der Waals surface area contributed by atoms with Crippen molar-refractivity contribution in [1.29, 1.82) is 0 Å². The fraction of sp³-hybridized carbons (Fsp3) is 0.333. The van der Waals surface area contributed by atoms with Gasteiger partial charge in [0.1, 0.15) is 11.4 Å². The summed E-state index contributed by atoms with van der Waals surface area (Å²) in [4.78, 5) is 69.4. The quantitative estimate of drug-likeness (QED) is 0.0566. The number of hydrogen-bond acceptors (Lipinski definition) is 11. The van der Waals surface area contributed by atoms with Gasteiger partial charge in [-0.05, 0) is 23.3 Å². The van der Waals surface area contributed by atoms with Gasteiger partial charge in [0.25, 0.3) is 17.4 Å². The van der Waals surface area contributed by atoms with Gasteiger partial charge in [-0.1, -0.05) is 6.08 Å². The minimum atomic E-state index is -2.87. The lowest BCUT2D eigenvalue weighted by molar-refractivity contribution is -0.122. The van der Waals surface area contributed by atoms with Crippen LogP contribution in [0.2, 0.25) is 0 Å². The van der Waals surface area contributed by atoms with Crippen molar-refractivity contribution in [2.45, 2.75) is 47.6 Å². The normalized spacial score (nSPS) is 21.7. The standard InChI is InChI=1S/C39H31Cl2F5N6O10/c1-48-19-13-22(60-3)21(59-2)12-18(19)47-17(33(48)54)7-8-49-36(57)50-9-6-16-20(52(50)37(49)58)14-38(40)34(55)51(31-29(45)27(43)26(42)28(44)30(31)46)35(56)39(38,41)25(16)15-10-23(61-4)32(53)24(11-15)62-5/h6,10-13,20,25,53H,7-9,14H2,1-5H3/t20-,25+,38-,39+/m1/s1. The third kappa shape index (κ3) is 5.55. The van der Waals surface area contributed by atoms with Crippen LogP contribution < -0.4 is 40.8 Å². The van der Waals surface area contributed by atoms with Gasteiger partial charge >= 0.3 is 11.4 Å². The van der Waals surface area contributed by atoms with E-state index < -0.39 is 104 Å². The van der Waals surface area contributed by atoms with Crippen molar-refractivity contribution in [3.05, 3.63) is 108 Å². The summed E-state index contributed by atoms with van der Waals surface area (Å²) in [6.07, 6.45) is 0.295. The predicted molar refractivity (Wildman–Crippen MR) is 208 cm³/mol. The van der Waals surface area contributed by atoms with Crippen LogP contribution in [-0.2, 0) is 36.1 Å². The molecule has 326 valence electrons. The SMILES string of the molecule is COc1cc2nc(CCn3c(=O)n4n(c3=O)[C@@H]3C[C@@]5(Cl)C(=O)N(c6c(F)c(F)c(F)c(F)c6F)C(=O)[C@@]5(Cl)[C@@H](c5cc(OC)c(O)c(OC)c5)C3=CC4)c(=O)n(C)c2cc1OC. The molecule has 0 bridgehead atoms. The summed E-state index contributed by atoms with van der Waals surface area (Å²) >= 11 is 14.4. The smallest absolute Gasteiger partial charge is 0.347 e. The number of phenolic OH excluding ortho intramolecular Hbond substituents is 1. The van der Waals surface area contributed by atoms with Crippen LogP contribution in [0, 0.1) is 29.1 Å². The fourth-order valence-corrected chi connectivity index (χ4v) is 9.53. The molecular weight excluding hydrogens is 878 g/mol. The number of alkyl halides is 2. The Morgan fingerprint density at radius 2 is 1.35 bits per heavy atom. The average Bonchev–Trinajstić information content (AvgIpc) is 3.59. The van der Waals surface area contributed by atoms with E-state index in [2.05, 4.69) is 4.98 Å². The van der Waals surface area contributed by atoms with E-state index in [0.29, 0.717) is 22.5 Å². The molecule has 2 amide bonds. The zero-order valence-electron chi connectivity index (χ0n) is 32.8. The number of fused-ring (bicyclic) bond motifs is 5. The van der Waals surface area contributed by atoms with Crippen LogP contribution in [0.15, 0.2) is 50.3 Å². The molecule has 0 unspecified atom stereocenters. The molecule has 4 heterocycles. The Hall–Kier alpha value is -6.35. The van der Waals surface area contributed by atoms with Crippen LogP contribution in [0.25, 0.3) is 11.0 Å². The number of carbonyl (C=O) groups is 2. The first-order valence-electron chi connectivity index (χ1n) is 18.3. The lowest BCUT2D eigenvalue weighted by atomic mass is 9.64. The van der Waals surface area contributed by atoms with E-state index >= 15 is 8.78 Å². The first-order chi connectivity index (χ1) is 29.3. The number of benzene rings is 3. The number of aromatic nitrogens is 5. The molecule has 62 heavy (non-hydrogen) atoms. The molecule has 2 aromatic heterocycles. The zero-order valence-corrected chi connectivity index (χ0v) is 34.3. The number of ether oxygens (including phenoxy) is 4. The Kier molecular flexibility index (Phi) is 10.0. The Morgan fingerprint density at radius 1 is 0.790 bits per heavy atom. The van der Waals surface area contributed by atoms with Crippen LogP contribution in [0.1, 0.15) is 29.6 Å². The topological polar surface area (TPSA) is 178 Å². The molecule has 1 saturated carbocycles. The van der Waals surface area contributed by atoms with Crippen LogP contribution in [0.5, 0.6) is 28.7 Å². The van der Waals surface area contributed by atoms with Gasteiger partial charge in [0.2, 0.25) is 11.6 Å². The van der Waals surface area contributed by atoms with Crippen molar-refractivity contribution >= 4 is 51.7 Å². The molecule has 0 radical (unpaired) electrons. The van der Waals surface area contributed by atoms with Crippen LogP contribution in [0.4, 0.5) is 27.6 Å². The molecule has 2 aliphatic heterocycles. The number of amides is 2. The van der Waals surface area contributed by atoms with Crippen molar-refractivity contribution in [2.75, 3.05) is 33.3 Å². The highest BCUT2D eigenvalue weighted by Gasteiger charge is 2.76. The number of halogens is 7. The van der Waals surface area contributed by atoms with Crippen LogP contribution >= 0.6 is 23.2 Å². The van der Waals surface area contributed by atoms with E-state index in [0.717, 1.165) is 28.2 Å². The molecule has 16 nitrogen and oxygen atoms in total. The van der Waals surface area contributed by atoms with E-state index in [1.807, 2.05) is 0 Å². The molecule has 5 aromatic rings. The van der Waals surface area contributed by atoms with Gasteiger partial charge in [0.05, 0.1) is 52.1 Å². The number of anilines is 1. The first-order valence-corrected chi connectivity index (χ1v) is 19.0. The fourth-order valence-electron chi connectivity index (χ4n) is 8.61. The maximum Gasteiger partial charge on any atom is 0.347 e. The van der Waals surface area contributed by atoms with Crippen LogP contribution in [0.3, 0.4) is 0 Å². The molecule has 8 rings (SSSR count). The molecular formula is C39H31Cl2F5N6O10. The van der Waals surface area contributed by atoms with E-state index in [1.54, 1.807) is 12.1 Å². The highest BCUT2D eigenvalue weighted by molar-refractivity contribution is 6.58. The Labute approximate surface area is 354 Å². The molecule has 1 N–H and O–H groups in total. The monoisotopic (exact) mass is 908 g/mol. The second kappa shape index (κ2) is 14.6. The number of aryl methyl sites for hydroxylation is 2. The van der Waals surface area contributed by atoms with Gasteiger partial charge in [0, 0.05) is 44.5 Å². The highest BCUT2D eigenvalue weighted by atomic mass is 35.5. The number of methoxy groups -OCH3 is 4. The van der Waals surface area contributed by atoms with Gasteiger partial charge in [-0.2, -0.15) is 0 Å². The first kappa shape index (κ1) is 42.3. The number of aromatic hydroxyl groups is 1. The predicted octanol–water partition coefficient (Wildman–Crippen LogP) is 3.93. The van der Waals surface area contributed by atoms with Crippen molar-refractivity contribution in [1.82, 2.24) is 23.5 Å². The second-order valence-electron chi connectivity index (χ2n) is 14.5. The van der Waals surface area contributed by atoms with Gasteiger partial charge in [-0.3, -0.25) is 14.4 Å². The van der Waals surface area contributed by atoms with Gasteiger partial charge in [0.15, 0.2) is 56.0 Å². The number of allylic oxidation sites excluding steroid dienone is 2. The maximum atomic E-state index is 15.4. The number of phenols is 1. The number of carbonyl (C=O) groups excluding carboxylic acids is 2. The lowest BCUT2D eigenvalue weighted by Gasteiger charge is -2.49. The van der Waals surface area contributed by atoms with Gasteiger partial charge in [-0.15, -0.1) is 23.2 Å². The van der Waals surface area contributed by atoms with Crippen molar-refractivity contribution < 1.29 is 55.6 Å². The minimum absolute atomic E-state index is 0.0330. The molecule has 3 aliphatic rings. The summed E-state index contributed by atoms with van der Waals surface area (Å²) in [7, 11) is 6.66. The Bertz CT molecular complexity index is 2990. The molecule has 23 heteroatoms. The number of hydrogen-bond donors (Lipinski definition) is 1. The lowest BCUT2D eigenvalue weighted by Crippen LogP contribution is -2.59. The highest BCUT2D eigenvalue weighted by Crippen LogP contribution is 2.64. The number of rotatable bonds is 9. The van der Waals surface area contributed by atoms with Crippen molar-refractivity contribution in [3.63, 3.8) is 0 Å². The Morgan fingerprint density at radius 3 is 1.94 bits per heavy atom. The van der Waals surface area contributed by atoms with E-state index in [1.165, 1.54) is 44.0 Å². The summed E-state index contributed by atoms with van der Waals surface area (Å²) in [6, 6.07) is 3.98. The zero-order chi connectivity index (χ0) is 45.1.